The van der Waals surface area contributed by atoms with Crippen LogP contribution in [0.25, 0.3) is 0 Å². The summed E-state index contributed by atoms with van der Waals surface area (Å²) in [6.07, 6.45) is 2.67. The van der Waals surface area contributed by atoms with Crippen LogP contribution in [0.3, 0.4) is 0 Å². The molecule has 0 unspecified atom stereocenters. The van der Waals surface area contributed by atoms with Crippen LogP contribution in [-0.2, 0) is 6.42 Å². The molecule has 3 aromatic rings. The second-order valence-electron chi connectivity index (χ2n) is 5.81. The number of benzene rings is 2. The number of hydrogen-bond acceptors (Lipinski definition) is 3. The summed E-state index contributed by atoms with van der Waals surface area (Å²) in [7, 11) is 1.72. The van der Waals surface area contributed by atoms with E-state index in [2.05, 4.69) is 47.6 Å². The van der Waals surface area contributed by atoms with E-state index in [1.165, 1.54) is 11.1 Å². The zero-order valence-corrected chi connectivity index (χ0v) is 14.1. The van der Waals surface area contributed by atoms with Crippen molar-refractivity contribution in [3.63, 3.8) is 0 Å². The van der Waals surface area contributed by atoms with Gasteiger partial charge in [0, 0.05) is 23.9 Å². The van der Waals surface area contributed by atoms with E-state index >= 15 is 0 Å². The van der Waals surface area contributed by atoms with E-state index < -0.39 is 0 Å². The average Bonchev–Trinajstić information content (AvgIpc) is 2.63. The third-order valence-corrected chi connectivity index (χ3v) is 4.03. The number of hydrogen-bond donors (Lipinski definition) is 1. The predicted molar refractivity (Wildman–Crippen MR) is 98.5 cm³/mol. The van der Waals surface area contributed by atoms with E-state index in [-0.39, 0.29) is 6.04 Å². The largest absolute Gasteiger partial charge is 0.496 e. The molecule has 0 aliphatic heterocycles. The molecule has 2 aromatic carbocycles. The van der Waals surface area contributed by atoms with Crippen LogP contribution >= 0.6 is 0 Å². The summed E-state index contributed by atoms with van der Waals surface area (Å²) in [5.41, 5.74) is 4.53. The van der Waals surface area contributed by atoms with E-state index in [1.54, 1.807) is 7.11 Å². The summed E-state index contributed by atoms with van der Waals surface area (Å²) in [5, 5.41) is 3.52. The third kappa shape index (κ3) is 3.93. The highest BCUT2D eigenvalue weighted by molar-refractivity contribution is 5.53. The van der Waals surface area contributed by atoms with Gasteiger partial charge in [0.1, 0.15) is 5.75 Å². The highest BCUT2D eigenvalue weighted by atomic mass is 16.5. The van der Waals surface area contributed by atoms with Crippen LogP contribution in [0, 0.1) is 0 Å². The molecule has 0 saturated heterocycles. The molecule has 1 heterocycles. The molecule has 0 radical (unpaired) electrons. The topological polar surface area (TPSA) is 34.1 Å². The van der Waals surface area contributed by atoms with Crippen molar-refractivity contribution in [1.82, 2.24) is 4.98 Å². The Kier molecular flexibility index (Phi) is 5.12. The van der Waals surface area contributed by atoms with Gasteiger partial charge in [0.25, 0.3) is 0 Å². The van der Waals surface area contributed by atoms with Crippen molar-refractivity contribution in [2.24, 2.45) is 0 Å². The number of methoxy groups -OCH3 is 1. The number of nitrogens with one attached hydrogen (secondary N) is 1. The van der Waals surface area contributed by atoms with Crippen LogP contribution in [0.2, 0.25) is 0 Å². The molecule has 0 spiro atoms. The quantitative estimate of drug-likeness (QED) is 0.705. The van der Waals surface area contributed by atoms with Crippen LogP contribution in [0.1, 0.15) is 29.8 Å². The second-order valence-corrected chi connectivity index (χ2v) is 5.81. The van der Waals surface area contributed by atoms with Gasteiger partial charge in [-0.15, -0.1) is 0 Å². The van der Waals surface area contributed by atoms with E-state index in [4.69, 9.17) is 4.74 Å². The number of ether oxygens (including phenoxy) is 1. The highest BCUT2D eigenvalue weighted by Crippen LogP contribution is 2.27. The number of pyridine rings is 1. The number of anilines is 1. The Labute approximate surface area is 143 Å². The van der Waals surface area contributed by atoms with E-state index in [0.717, 1.165) is 23.6 Å². The van der Waals surface area contributed by atoms with Crippen molar-refractivity contribution >= 4 is 5.69 Å². The average molecular weight is 318 g/mol. The fraction of sp³-hybridized carbons (Fsp3) is 0.190. The summed E-state index contributed by atoms with van der Waals surface area (Å²) in [6, 6.07) is 22.8. The summed E-state index contributed by atoms with van der Waals surface area (Å²) in [5.74, 6) is 0.912. The predicted octanol–water partition coefficient (Wildman–Crippen LogP) is 4.85. The van der Waals surface area contributed by atoms with Crippen LogP contribution in [0.4, 0.5) is 5.69 Å². The van der Waals surface area contributed by atoms with Gasteiger partial charge >= 0.3 is 0 Å². The van der Waals surface area contributed by atoms with Crippen LogP contribution in [-0.4, -0.2) is 12.1 Å². The molecule has 0 aliphatic carbocycles. The molecular weight excluding hydrogens is 296 g/mol. The lowest BCUT2D eigenvalue weighted by Crippen LogP contribution is -2.08. The number of aromatic nitrogens is 1. The normalized spacial score (nSPS) is 11.8. The SMILES string of the molecule is COc1ccc(N[C@@H](C)c2ccccn2)cc1Cc1ccccc1. The van der Waals surface area contributed by atoms with Crippen LogP contribution in [0.5, 0.6) is 5.75 Å². The summed E-state index contributed by atoms with van der Waals surface area (Å²) >= 11 is 0. The molecule has 0 bridgehead atoms. The zero-order valence-electron chi connectivity index (χ0n) is 14.1. The zero-order chi connectivity index (χ0) is 16.8. The molecule has 122 valence electrons. The number of nitrogens with zero attached hydrogens (tertiary/aromatic N) is 1. The van der Waals surface area contributed by atoms with Crippen LogP contribution in [0.15, 0.2) is 72.9 Å². The van der Waals surface area contributed by atoms with E-state index in [9.17, 15) is 0 Å². The van der Waals surface area contributed by atoms with Gasteiger partial charge in [-0.3, -0.25) is 4.98 Å². The van der Waals surface area contributed by atoms with E-state index in [0.29, 0.717) is 0 Å². The Hall–Kier alpha value is -2.81. The summed E-state index contributed by atoms with van der Waals surface area (Å²) in [4.78, 5) is 4.41. The Morgan fingerprint density at radius 3 is 2.50 bits per heavy atom. The molecule has 0 fully saturated rings. The summed E-state index contributed by atoms with van der Waals surface area (Å²) in [6.45, 7) is 2.11. The first-order chi connectivity index (χ1) is 11.8. The first kappa shape index (κ1) is 16.1. The Balaban J connectivity index is 1.81. The van der Waals surface area contributed by atoms with Gasteiger partial charge in [0.2, 0.25) is 0 Å². The van der Waals surface area contributed by atoms with Crippen molar-refractivity contribution in [1.29, 1.82) is 0 Å². The molecule has 24 heavy (non-hydrogen) atoms. The maximum atomic E-state index is 5.52. The maximum absolute atomic E-state index is 5.52. The molecule has 0 amide bonds. The standard InChI is InChI=1S/C21H22N2O/c1-16(20-10-6-7-13-22-20)23-19-11-12-21(24-2)18(15-19)14-17-8-4-3-5-9-17/h3-13,15-16,23H,14H2,1-2H3/t16-/m0/s1. The van der Waals surface area contributed by atoms with Crippen molar-refractivity contribution in [2.45, 2.75) is 19.4 Å². The molecule has 0 saturated carbocycles. The molecular formula is C21H22N2O. The molecule has 1 atom stereocenters. The fourth-order valence-electron chi connectivity index (χ4n) is 2.78. The summed E-state index contributed by atoms with van der Waals surface area (Å²) < 4.78 is 5.52. The Morgan fingerprint density at radius 1 is 1.00 bits per heavy atom. The minimum Gasteiger partial charge on any atom is -0.496 e. The minimum atomic E-state index is 0.143. The highest BCUT2D eigenvalue weighted by Gasteiger charge is 2.09. The molecule has 1 aromatic heterocycles. The monoisotopic (exact) mass is 318 g/mol. The lowest BCUT2D eigenvalue weighted by atomic mass is 10.0. The third-order valence-electron chi connectivity index (χ3n) is 4.03. The van der Waals surface area contributed by atoms with Gasteiger partial charge < -0.3 is 10.1 Å². The van der Waals surface area contributed by atoms with Crippen molar-refractivity contribution in [2.75, 3.05) is 12.4 Å². The molecule has 1 N–H and O–H groups in total. The fourth-order valence-corrected chi connectivity index (χ4v) is 2.78. The lowest BCUT2D eigenvalue weighted by molar-refractivity contribution is 0.410. The lowest BCUT2D eigenvalue weighted by Gasteiger charge is -2.17. The maximum Gasteiger partial charge on any atom is 0.122 e. The van der Waals surface area contributed by atoms with Gasteiger partial charge in [0.15, 0.2) is 0 Å². The second kappa shape index (κ2) is 7.64. The smallest absolute Gasteiger partial charge is 0.122 e. The number of rotatable bonds is 6. The van der Waals surface area contributed by atoms with Gasteiger partial charge in [-0.1, -0.05) is 36.4 Å². The van der Waals surface area contributed by atoms with Gasteiger partial charge in [0.05, 0.1) is 18.8 Å². The Morgan fingerprint density at radius 2 is 1.79 bits per heavy atom. The Bertz CT molecular complexity index is 772. The van der Waals surface area contributed by atoms with Crippen molar-refractivity contribution < 1.29 is 4.74 Å². The molecule has 3 heteroatoms. The first-order valence-electron chi connectivity index (χ1n) is 8.14. The van der Waals surface area contributed by atoms with Crippen molar-refractivity contribution in [3.8, 4) is 5.75 Å². The first-order valence-corrected chi connectivity index (χ1v) is 8.14. The molecule has 3 nitrogen and oxygen atoms in total. The molecule has 3 rings (SSSR count). The minimum absolute atomic E-state index is 0.143. The molecule has 0 aliphatic rings. The van der Waals surface area contributed by atoms with Gasteiger partial charge in [-0.25, -0.2) is 0 Å². The van der Waals surface area contributed by atoms with Gasteiger partial charge in [-0.2, -0.15) is 0 Å². The van der Waals surface area contributed by atoms with Crippen LogP contribution < -0.4 is 10.1 Å². The van der Waals surface area contributed by atoms with Gasteiger partial charge in [-0.05, 0) is 42.8 Å². The van der Waals surface area contributed by atoms with Crippen molar-refractivity contribution in [3.05, 3.63) is 89.7 Å². The van der Waals surface area contributed by atoms with E-state index in [1.807, 2.05) is 42.6 Å².